The molecule has 1 amide bonds. The number of hydrogen-bond donors (Lipinski definition) is 3. The Balaban J connectivity index is 0.000000176. The van der Waals surface area contributed by atoms with Crippen LogP contribution in [0.1, 0.15) is 16.7 Å². The fourth-order valence-corrected chi connectivity index (χ4v) is 3.78. The lowest BCUT2D eigenvalue weighted by Gasteiger charge is -2.12. The third-order valence-corrected chi connectivity index (χ3v) is 5.68. The molecule has 2 heterocycles. The molecule has 0 saturated heterocycles. The van der Waals surface area contributed by atoms with E-state index in [9.17, 15) is 4.79 Å². The summed E-state index contributed by atoms with van der Waals surface area (Å²) in [7, 11) is 0. The van der Waals surface area contributed by atoms with Crippen LogP contribution in [0.5, 0.6) is 0 Å². The smallest absolute Gasteiger partial charge is 0.211 e. The van der Waals surface area contributed by atoms with Crippen molar-refractivity contribution in [1.82, 2.24) is 9.97 Å². The molecule has 5 aromatic rings. The van der Waals surface area contributed by atoms with Crippen molar-refractivity contribution in [2.45, 2.75) is 13.8 Å². The first kappa shape index (κ1) is 24.9. The number of pyridine rings is 2. The maximum absolute atomic E-state index is 10.5. The Bertz CT molecular complexity index is 1560. The van der Waals surface area contributed by atoms with E-state index in [1.54, 1.807) is 24.7 Å². The Labute approximate surface area is 215 Å². The molecule has 0 bridgehead atoms. The number of carbonyl (C=O) groups is 1. The molecule has 0 aliphatic carbocycles. The number of aryl methyl sites for hydroxylation is 1. The van der Waals surface area contributed by atoms with Gasteiger partial charge in [-0.3, -0.25) is 14.8 Å². The van der Waals surface area contributed by atoms with Gasteiger partial charge in [-0.15, -0.1) is 0 Å². The molecule has 0 saturated carbocycles. The van der Waals surface area contributed by atoms with Gasteiger partial charge in [0, 0.05) is 52.4 Å². The number of benzene rings is 3. The third kappa shape index (κ3) is 6.47. The van der Waals surface area contributed by atoms with Crippen LogP contribution in [0.4, 0.5) is 28.4 Å². The van der Waals surface area contributed by atoms with Gasteiger partial charge in [-0.05, 0) is 85.6 Å². The van der Waals surface area contributed by atoms with Crippen molar-refractivity contribution in [1.29, 1.82) is 5.26 Å². The number of nitrogens with one attached hydrogen (secondary N) is 3. The normalized spacial score (nSPS) is 9.97. The van der Waals surface area contributed by atoms with Gasteiger partial charge in [-0.25, -0.2) is 0 Å². The molecule has 0 aliphatic heterocycles. The van der Waals surface area contributed by atoms with Crippen molar-refractivity contribution in [2.24, 2.45) is 0 Å². The summed E-state index contributed by atoms with van der Waals surface area (Å²) in [6.45, 7) is 4.01. The zero-order chi connectivity index (χ0) is 26.0. The predicted octanol–water partition coefficient (Wildman–Crippen LogP) is 6.86. The summed E-state index contributed by atoms with van der Waals surface area (Å²) in [5.74, 6) is 0. The van der Waals surface area contributed by atoms with Crippen molar-refractivity contribution in [3.8, 4) is 6.07 Å². The minimum Gasteiger partial charge on any atom is -0.355 e. The van der Waals surface area contributed by atoms with Crippen LogP contribution in [0.25, 0.3) is 10.9 Å². The van der Waals surface area contributed by atoms with E-state index in [2.05, 4.69) is 51.0 Å². The van der Waals surface area contributed by atoms with E-state index >= 15 is 0 Å². The van der Waals surface area contributed by atoms with E-state index in [-0.39, 0.29) is 0 Å². The second-order valence-corrected chi connectivity index (χ2v) is 8.30. The quantitative estimate of drug-likeness (QED) is 0.227. The number of anilines is 5. The number of rotatable bonds is 6. The van der Waals surface area contributed by atoms with Crippen LogP contribution in [-0.2, 0) is 4.79 Å². The van der Waals surface area contributed by atoms with Gasteiger partial charge in [0.05, 0.1) is 17.1 Å². The van der Waals surface area contributed by atoms with Gasteiger partial charge in [0.1, 0.15) is 0 Å². The SMILES string of the molecule is Cc1c(NC=O)cccc1Nc1ccncc1.Cc1cccc(Nc2ccnc3ccc(C#N)cc23)c1. The molecule has 3 aromatic carbocycles. The average molecular weight is 487 g/mol. The number of nitrogens with zero attached hydrogens (tertiary/aromatic N) is 3. The Hall–Kier alpha value is -5.22. The van der Waals surface area contributed by atoms with Crippen LogP contribution in [0, 0.1) is 25.2 Å². The molecular formula is C30H26N6O. The summed E-state index contributed by atoms with van der Waals surface area (Å²) in [6.07, 6.45) is 5.90. The highest BCUT2D eigenvalue weighted by atomic mass is 16.1. The largest absolute Gasteiger partial charge is 0.355 e. The number of aromatic nitrogens is 2. The van der Waals surface area contributed by atoms with Gasteiger partial charge in [-0.2, -0.15) is 5.26 Å². The maximum Gasteiger partial charge on any atom is 0.211 e. The van der Waals surface area contributed by atoms with Gasteiger partial charge in [0.25, 0.3) is 0 Å². The molecule has 3 N–H and O–H groups in total. The van der Waals surface area contributed by atoms with Crippen LogP contribution in [0.2, 0.25) is 0 Å². The van der Waals surface area contributed by atoms with Gasteiger partial charge < -0.3 is 16.0 Å². The minimum absolute atomic E-state index is 0.637. The summed E-state index contributed by atoms with van der Waals surface area (Å²) >= 11 is 0. The number of carbonyl (C=O) groups excluding carboxylic acids is 1. The summed E-state index contributed by atoms with van der Waals surface area (Å²) in [6, 6.07) is 27.3. The topological polar surface area (TPSA) is 103 Å². The summed E-state index contributed by atoms with van der Waals surface area (Å²) in [4.78, 5) is 18.7. The van der Waals surface area contributed by atoms with E-state index in [0.717, 1.165) is 44.9 Å². The van der Waals surface area contributed by atoms with Gasteiger partial charge in [0.2, 0.25) is 6.41 Å². The van der Waals surface area contributed by atoms with Crippen LogP contribution in [0.15, 0.2) is 97.5 Å². The van der Waals surface area contributed by atoms with Gasteiger partial charge in [0.15, 0.2) is 0 Å². The van der Waals surface area contributed by atoms with Gasteiger partial charge >= 0.3 is 0 Å². The second kappa shape index (κ2) is 12.0. The predicted molar refractivity (Wildman–Crippen MR) is 149 cm³/mol. The molecule has 7 nitrogen and oxygen atoms in total. The highest BCUT2D eigenvalue weighted by molar-refractivity contribution is 5.93. The van der Waals surface area contributed by atoms with E-state index in [0.29, 0.717) is 12.0 Å². The molecule has 0 spiro atoms. The lowest BCUT2D eigenvalue weighted by molar-refractivity contribution is -0.105. The first-order valence-electron chi connectivity index (χ1n) is 11.7. The number of nitriles is 1. The molecule has 37 heavy (non-hydrogen) atoms. The van der Waals surface area contributed by atoms with Crippen LogP contribution in [0.3, 0.4) is 0 Å². The lowest BCUT2D eigenvalue weighted by atomic mass is 10.1. The molecule has 0 aliphatic rings. The van der Waals surface area contributed by atoms with Crippen molar-refractivity contribution in [3.63, 3.8) is 0 Å². The Morgan fingerprint density at radius 2 is 1.54 bits per heavy atom. The molecule has 5 rings (SSSR count). The second-order valence-electron chi connectivity index (χ2n) is 8.30. The molecule has 2 aromatic heterocycles. The molecular weight excluding hydrogens is 460 g/mol. The zero-order valence-corrected chi connectivity index (χ0v) is 20.6. The van der Waals surface area contributed by atoms with E-state index in [4.69, 9.17) is 5.26 Å². The van der Waals surface area contributed by atoms with E-state index < -0.39 is 0 Å². The number of amides is 1. The molecule has 182 valence electrons. The van der Waals surface area contributed by atoms with Gasteiger partial charge in [-0.1, -0.05) is 18.2 Å². The Kier molecular flexibility index (Phi) is 8.04. The molecule has 0 unspecified atom stereocenters. The van der Waals surface area contributed by atoms with E-state index in [1.807, 2.05) is 67.6 Å². The van der Waals surface area contributed by atoms with Crippen molar-refractivity contribution >= 4 is 45.7 Å². The first-order chi connectivity index (χ1) is 18.1. The first-order valence-corrected chi connectivity index (χ1v) is 11.7. The fourth-order valence-electron chi connectivity index (χ4n) is 3.78. The minimum atomic E-state index is 0.637. The third-order valence-electron chi connectivity index (χ3n) is 5.68. The maximum atomic E-state index is 10.5. The highest BCUT2D eigenvalue weighted by Crippen LogP contribution is 2.27. The molecule has 0 atom stereocenters. The fraction of sp³-hybridized carbons (Fsp3) is 0.0667. The Morgan fingerprint density at radius 3 is 2.30 bits per heavy atom. The van der Waals surface area contributed by atoms with E-state index in [1.165, 1.54) is 5.56 Å². The van der Waals surface area contributed by atoms with Crippen molar-refractivity contribution in [3.05, 3.63) is 114 Å². The van der Waals surface area contributed by atoms with Crippen molar-refractivity contribution < 1.29 is 4.79 Å². The van der Waals surface area contributed by atoms with Crippen LogP contribution < -0.4 is 16.0 Å². The highest BCUT2D eigenvalue weighted by Gasteiger charge is 2.05. The summed E-state index contributed by atoms with van der Waals surface area (Å²) in [5, 5.41) is 19.3. The lowest BCUT2D eigenvalue weighted by Crippen LogP contribution is -1.99. The number of fused-ring (bicyclic) bond motifs is 1. The molecule has 0 fully saturated rings. The average Bonchev–Trinajstić information content (AvgIpc) is 2.92. The standard InChI is InChI=1S/C17H13N3.C13H13N3O/c1-12-3-2-4-14(9-12)20-17-7-8-19-16-6-5-13(11-18)10-15(16)17;1-10-12(15-9-17)3-2-4-13(10)16-11-5-7-14-8-6-11/h2-10H,1H3,(H,19,20);2-9H,1H3,(H,14,16)(H,15,17). The molecule has 7 heteroatoms. The van der Waals surface area contributed by atoms with Crippen LogP contribution >= 0.6 is 0 Å². The van der Waals surface area contributed by atoms with Crippen LogP contribution in [-0.4, -0.2) is 16.4 Å². The summed E-state index contributed by atoms with van der Waals surface area (Å²) in [5.41, 5.74) is 8.42. The Morgan fingerprint density at radius 1 is 0.784 bits per heavy atom. The monoisotopic (exact) mass is 486 g/mol. The van der Waals surface area contributed by atoms with Crippen molar-refractivity contribution in [2.75, 3.05) is 16.0 Å². The number of hydrogen-bond acceptors (Lipinski definition) is 6. The molecule has 0 radical (unpaired) electrons. The zero-order valence-electron chi connectivity index (χ0n) is 20.6. The summed E-state index contributed by atoms with van der Waals surface area (Å²) < 4.78 is 0.